The molecule has 0 aliphatic heterocycles. The standard InChI is InChI=1S/C11H11F2N3O2.C2H6/c1-11(12,13)17-8-4-2-3-7(5-8)10-15-9(6-14)18-16-10;1-2/h2-5H,6,14H2,1H3;1-2H3. The number of hydrogen-bond acceptors (Lipinski definition) is 5. The van der Waals surface area contributed by atoms with E-state index in [0.29, 0.717) is 12.5 Å². The van der Waals surface area contributed by atoms with Crippen molar-refractivity contribution in [2.45, 2.75) is 33.4 Å². The molecule has 5 nitrogen and oxygen atoms in total. The van der Waals surface area contributed by atoms with Gasteiger partial charge in [0.15, 0.2) is 0 Å². The lowest BCUT2D eigenvalue weighted by Gasteiger charge is -2.12. The van der Waals surface area contributed by atoms with Gasteiger partial charge in [0.1, 0.15) is 5.75 Å². The second kappa shape index (κ2) is 6.95. The van der Waals surface area contributed by atoms with E-state index in [1.807, 2.05) is 13.8 Å². The van der Waals surface area contributed by atoms with Crippen LogP contribution in [0, 0.1) is 0 Å². The van der Waals surface area contributed by atoms with Crippen LogP contribution < -0.4 is 10.5 Å². The molecule has 0 amide bonds. The van der Waals surface area contributed by atoms with E-state index in [2.05, 4.69) is 14.9 Å². The third-order valence-electron chi connectivity index (χ3n) is 2.03. The van der Waals surface area contributed by atoms with E-state index in [4.69, 9.17) is 10.3 Å². The van der Waals surface area contributed by atoms with Crippen LogP contribution in [0.5, 0.6) is 5.75 Å². The minimum absolute atomic E-state index is 0.0269. The first-order chi connectivity index (χ1) is 9.48. The molecule has 0 atom stereocenters. The van der Waals surface area contributed by atoms with E-state index in [1.165, 1.54) is 12.1 Å². The van der Waals surface area contributed by atoms with Gasteiger partial charge in [0.25, 0.3) is 0 Å². The Kier molecular flexibility index (Phi) is 5.57. The van der Waals surface area contributed by atoms with Gasteiger partial charge in [-0.1, -0.05) is 31.1 Å². The van der Waals surface area contributed by atoms with E-state index >= 15 is 0 Å². The van der Waals surface area contributed by atoms with Crippen LogP contribution in [0.15, 0.2) is 28.8 Å². The van der Waals surface area contributed by atoms with Crippen molar-refractivity contribution in [2.75, 3.05) is 0 Å². The summed E-state index contributed by atoms with van der Waals surface area (Å²) in [5.41, 5.74) is 5.85. The summed E-state index contributed by atoms with van der Waals surface area (Å²) in [6, 6.07) is 6.05. The van der Waals surface area contributed by atoms with Gasteiger partial charge in [-0.05, 0) is 12.1 Å². The topological polar surface area (TPSA) is 74.2 Å². The zero-order chi connectivity index (χ0) is 15.2. The molecule has 20 heavy (non-hydrogen) atoms. The van der Waals surface area contributed by atoms with Gasteiger partial charge in [0.2, 0.25) is 11.7 Å². The third-order valence-corrected chi connectivity index (χ3v) is 2.03. The number of rotatable bonds is 4. The zero-order valence-electron chi connectivity index (χ0n) is 11.6. The lowest BCUT2D eigenvalue weighted by atomic mass is 10.2. The van der Waals surface area contributed by atoms with E-state index in [-0.39, 0.29) is 24.0 Å². The number of hydrogen-bond donors (Lipinski definition) is 1. The number of alkyl halides is 2. The van der Waals surface area contributed by atoms with E-state index in [1.54, 1.807) is 12.1 Å². The molecular formula is C13H17F2N3O2. The van der Waals surface area contributed by atoms with Crippen molar-refractivity contribution >= 4 is 0 Å². The van der Waals surface area contributed by atoms with Crippen LogP contribution in [0.1, 0.15) is 26.7 Å². The molecule has 0 saturated carbocycles. The molecule has 0 unspecified atom stereocenters. The molecule has 110 valence electrons. The van der Waals surface area contributed by atoms with Gasteiger partial charge < -0.3 is 15.0 Å². The summed E-state index contributed by atoms with van der Waals surface area (Å²) in [7, 11) is 0. The third kappa shape index (κ3) is 4.58. The van der Waals surface area contributed by atoms with Crippen LogP contribution in [0.2, 0.25) is 0 Å². The Morgan fingerprint density at radius 1 is 1.35 bits per heavy atom. The Bertz CT molecular complexity index is 538. The number of nitrogens with two attached hydrogens (primary N) is 1. The molecule has 0 aliphatic rings. The largest absolute Gasteiger partial charge is 0.433 e. The van der Waals surface area contributed by atoms with Gasteiger partial charge in [-0.25, -0.2) is 0 Å². The van der Waals surface area contributed by atoms with E-state index < -0.39 is 6.11 Å². The number of benzene rings is 1. The van der Waals surface area contributed by atoms with Crippen LogP contribution in [-0.2, 0) is 6.54 Å². The number of nitrogens with zero attached hydrogens (tertiary/aromatic N) is 2. The smallest absolute Gasteiger partial charge is 0.394 e. The minimum atomic E-state index is -3.24. The van der Waals surface area contributed by atoms with Gasteiger partial charge >= 0.3 is 6.11 Å². The highest BCUT2D eigenvalue weighted by Crippen LogP contribution is 2.25. The van der Waals surface area contributed by atoms with Gasteiger partial charge in [0, 0.05) is 12.5 Å². The second-order valence-electron chi connectivity index (χ2n) is 3.65. The highest BCUT2D eigenvalue weighted by molar-refractivity contribution is 5.56. The van der Waals surface area contributed by atoms with E-state index in [0.717, 1.165) is 0 Å². The van der Waals surface area contributed by atoms with Crippen molar-refractivity contribution in [1.29, 1.82) is 0 Å². The lowest BCUT2D eigenvalue weighted by Crippen LogP contribution is -2.19. The zero-order valence-corrected chi connectivity index (χ0v) is 11.6. The molecule has 2 aromatic rings. The maximum atomic E-state index is 12.7. The maximum Gasteiger partial charge on any atom is 0.394 e. The van der Waals surface area contributed by atoms with Gasteiger partial charge in [-0.3, -0.25) is 0 Å². The Balaban J connectivity index is 0.000000956. The Hall–Kier alpha value is -2.02. The molecule has 0 radical (unpaired) electrons. The van der Waals surface area contributed by atoms with Crippen molar-refractivity contribution in [3.8, 4) is 17.1 Å². The first-order valence-electron chi connectivity index (χ1n) is 6.18. The lowest BCUT2D eigenvalue weighted by molar-refractivity contribution is -0.158. The normalized spacial score (nSPS) is 10.7. The summed E-state index contributed by atoms with van der Waals surface area (Å²) in [4.78, 5) is 3.99. The maximum absolute atomic E-state index is 12.7. The Labute approximate surface area is 115 Å². The first-order valence-corrected chi connectivity index (χ1v) is 6.18. The predicted octanol–water partition coefficient (Wildman–Crippen LogP) is 3.21. The van der Waals surface area contributed by atoms with E-state index in [9.17, 15) is 8.78 Å². The summed E-state index contributed by atoms with van der Waals surface area (Å²) in [6.07, 6.45) is -3.24. The van der Waals surface area contributed by atoms with Crippen LogP contribution in [0.25, 0.3) is 11.4 Å². The van der Waals surface area contributed by atoms with Crippen LogP contribution in [0.3, 0.4) is 0 Å². The van der Waals surface area contributed by atoms with Crippen molar-refractivity contribution in [3.05, 3.63) is 30.2 Å². The molecule has 0 spiro atoms. The molecule has 0 saturated heterocycles. The highest BCUT2D eigenvalue weighted by Gasteiger charge is 2.23. The summed E-state index contributed by atoms with van der Waals surface area (Å²) >= 11 is 0. The van der Waals surface area contributed by atoms with Gasteiger partial charge in [-0.15, -0.1) is 0 Å². The minimum Gasteiger partial charge on any atom is -0.433 e. The second-order valence-corrected chi connectivity index (χ2v) is 3.65. The SMILES string of the molecule is CC.CC(F)(F)Oc1cccc(-c2noc(CN)n2)c1. The number of halogens is 2. The van der Waals surface area contributed by atoms with Crippen LogP contribution in [0.4, 0.5) is 8.78 Å². The molecule has 7 heteroatoms. The predicted molar refractivity (Wildman–Crippen MR) is 70.2 cm³/mol. The number of ether oxygens (including phenoxy) is 1. The number of aromatic nitrogens is 2. The molecule has 2 N–H and O–H groups in total. The Morgan fingerprint density at radius 2 is 2.05 bits per heavy atom. The summed E-state index contributed by atoms with van der Waals surface area (Å²) in [6.45, 7) is 4.79. The molecular weight excluding hydrogens is 268 g/mol. The van der Waals surface area contributed by atoms with Crippen molar-refractivity contribution < 1.29 is 18.0 Å². The molecule has 0 fully saturated rings. The van der Waals surface area contributed by atoms with Crippen LogP contribution >= 0.6 is 0 Å². The molecule has 1 aromatic carbocycles. The fourth-order valence-electron chi connectivity index (χ4n) is 1.36. The van der Waals surface area contributed by atoms with Crippen molar-refractivity contribution in [1.82, 2.24) is 10.1 Å². The fraction of sp³-hybridized carbons (Fsp3) is 0.385. The average molecular weight is 285 g/mol. The molecule has 2 rings (SSSR count). The molecule has 0 bridgehead atoms. The monoisotopic (exact) mass is 285 g/mol. The summed E-state index contributed by atoms with van der Waals surface area (Å²) in [5, 5.41) is 3.69. The fourth-order valence-corrected chi connectivity index (χ4v) is 1.36. The van der Waals surface area contributed by atoms with Gasteiger partial charge in [-0.2, -0.15) is 13.8 Å². The Morgan fingerprint density at radius 3 is 2.60 bits per heavy atom. The van der Waals surface area contributed by atoms with Crippen LogP contribution in [-0.4, -0.2) is 16.2 Å². The van der Waals surface area contributed by atoms with Crippen molar-refractivity contribution in [2.24, 2.45) is 5.73 Å². The molecule has 1 aromatic heterocycles. The summed E-state index contributed by atoms with van der Waals surface area (Å²) < 4.78 is 34.7. The average Bonchev–Trinajstić information content (AvgIpc) is 2.88. The molecule has 1 heterocycles. The summed E-state index contributed by atoms with van der Waals surface area (Å²) in [5.74, 6) is 0.580. The molecule has 0 aliphatic carbocycles. The highest BCUT2D eigenvalue weighted by atomic mass is 19.3. The van der Waals surface area contributed by atoms with Gasteiger partial charge in [0.05, 0.1) is 6.54 Å². The quantitative estimate of drug-likeness (QED) is 0.933. The van der Waals surface area contributed by atoms with Crippen molar-refractivity contribution in [3.63, 3.8) is 0 Å². The first kappa shape index (κ1) is 16.0.